The lowest BCUT2D eigenvalue weighted by Crippen LogP contribution is -2.33. The van der Waals surface area contributed by atoms with Crippen molar-refractivity contribution in [2.24, 2.45) is 10.7 Å². The molecule has 2 rings (SSSR count). The molecule has 1 atom stereocenters. The number of hydrogen-bond acceptors (Lipinski definition) is 4. The summed E-state index contributed by atoms with van der Waals surface area (Å²) in [6.45, 7) is 0. The molecule has 0 saturated heterocycles. The van der Waals surface area contributed by atoms with Crippen LogP contribution in [0.4, 0.5) is 5.69 Å². The Kier molecular flexibility index (Phi) is 3.88. The summed E-state index contributed by atoms with van der Waals surface area (Å²) in [6.07, 6.45) is 0.0533. The zero-order valence-corrected chi connectivity index (χ0v) is 10.8. The van der Waals surface area contributed by atoms with Crippen molar-refractivity contribution in [3.63, 3.8) is 0 Å². The second-order valence-corrected chi connectivity index (χ2v) is 5.31. The van der Waals surface area contributed by atoms with E-state index in [1.807, 2.05) is 0 Å². The SMILES string of the molecule is NC1=NC(=O)C[C@@H](C(=O)Nc2cccc(Cl)c2)S1. The summed E-state index contributed by atoms with van der Waals surface area (Å²) in [5, 5.41) is 2.79. The Balaban J connectivity index is 2.05. The Bertz CT molecular complexity index is 533. The Labute approximate surface area is 113 Å². The van der Waals surface area contributed by atoms with Crippen molar-refractivity contribution in [3.8, 4) is 0 Å². The van der Waals surface area contributed by atoms with Crippen LogP contribution in [-0.4, -0.2) is 22.2 Å². The van der Waals surface area contributed by atoms with Crippen molar-refractivity contribution in [3.05, 3.63) is 29.3 Å². The summed E-state index contributed by atoms with van der Waals surface area (Å²) in [7, 11) is 0. The molecular weight excluding hydrogens is 274 g/mol. The van der Waals surface area contributed by atoms with Crippen LogP contribution in [0.1, 0.15) is 6.42 Å². The minimum atomic E-state index is -0.547. The summed E-state index contributed by atoms with van der Waals surface area (Å²) in [6, 6.07) is 6.79. The first-order chi connectivity index (χ1) is 8.54. The van der Waals surface area contributed by atoms with Gasteiger partial charge in [0.2, 0.25) is 11.8 Å². The molecule has 5 nitrogen and oxygen atoms in total. The number of anilines is 1. The predicted molar refractivity (Wildman–Crippen MR) is 72.7 cm³/mol. The van der Waals surface area contributed by atoms with Crippen LogP contribution in [0.25, 0.3) is 0 Å². The van der Waals surface area contributed by atoms with Crippen LogP contribution in [0.2, 0.25) is 5.02 Å². The van der Waals surface area contributed by atoms with Gasteiger partial charge in [-0.15, -0.1) is 0 Å². The average molecular weight is 284 g/mol. The topological polar surface area (TPSA) is 84.5 Å². The standard InChI is InChI=1S/C11H10ClN3O2S/c12-6-2-1-3-7(4-6)14-10(17)8-5-9(16)15-11(13)18-8/h1-4,8H,5H2,(H,14,17)(H2,13,15,16)/t8-/m0/s1. The lowest BCUT2D eigenvalue weighted by atomic mass is 10.2. The number of nitrogens with one attached hydrogen (secondary N) is 1. The van der Waals surface area contributed by atoms with E-state index in [0.717, 1.165) is 11.8 Å². The number of carbonyl (C=O) groups is 2. The maximum atomic E-state index is 11.9. The lowest BCUT2D eigenvalue weighted by molar-refractivity contribution is -0.121. The van der Waals surface area contributed by atoms with Gasteiger partial charge in [-0.25, -0.2) is 0 Å². The molecule has 0 radical (unpaired) electrons. The molecule has 1 heterocycles. The van der Waals surface area contributed by atoms with Gasteiger partial charge in [0.15, 0.2) is 5.17 Å². The Morgan fingerprint density at radius 3 is 3.00 bits per heavy atom. The molecule has 94 valence electrons. The molecule has 7 heteroatoms. The molecule has 0 bridgehead atoms. The highest BCUT2D eigenvalue weighted by atomic mass is 35.5. The monoisotopic (exact) mass is 283 g/mol. The number of rotatable bonds is 2. The maximum absolute atomic E-state index is 11.9. The number of hydrogen-bond donors (Lipinski definition) is 2. The molecular formula is C11H10ClN3O2S. The molecule has 0 spiro atoms. The van der Waals surface area contributed by atoms with Crippen LogP contribution in [-0.2, 0) is 9.59 Å². The smallest absolute Gasteiger partial charge is 0.249 e. The van der Waals surface area contributed by atoms with Gasteiger partial charge in [-0.05, 0) is 18.2 Å². The van der Waals surface area contributed by atoms with Crippen LogP contribution in [0.3, 0.4) is 0 Å². The molecule has 2 amide bonds. The van der Waals surface area contributed by atoms with Crippen molar-refractivity contribution >= 4 is 46.0 Å². The molecule has 1 aromatic rings. The fourth-order valence-electron chi connectivity index (χ4n) is 1.48. The molecule has 0 fully saturated rings. The van der Waals surface area contributed by atoms with E-state index in [1.165, 1.54) is 0 Å². The molecule has 1 aromatic carbocycles. The van der Waals surface area contributed by atoms with E-state index < -0.39 is 5.25 Å². The Hall–Kier alpha value is -1.53. The predicted octanol–water partition coefficient (Wildman–Crippen LogP) is 1.63. The third-order valence-corrected chi connectivity index (χ3v) is 3.48. The minimum Gasteiger partial charge on any atom is -0.378 e. The molecule has 0 aromatic heterocycles. The van der Waals surface area contributed by atoms with E-state index in [0.29, 0.717) is 10.7 Å². The summed E-state index contributed by atoms with van der Waals surface area (Å²) < 4.78 is 0. The van der Waals surface area contributed by atoms with Crippen molar-refractivity contribution in [1.29, 1.82) is 0 Å². The number of nitrogens with two attached hydrogens (primary N) is 1. The number of carbonyl (C=O) groups excluding carboxylic acids is 2. The van der Waals surface area contributed by atoms with Crippen LogP contribution >= 0.6 is 23.4 Å². The third kappa shape index (κ3) is 3.24. The summed E-state index contributed by atoms with van der Waals surface area (Å²) in [5.74, 6) is -0.661. The van der Waals surface area contributed by atoms with E-state index in [2.05, 4.69) is 10.3 Å². The molecule has 0 aliphatic carbocycles. The molecule has 1 aliphatic rings. The van der Waals surface area contributed by atoms with Gasteiger partial charge in [-0.2, -0.15) is 4.99 Å². The maximum Gasteiger partial charge on any atom is 0.249 e. The van der Waals surface area contributed by atoms with Gasteiger partial charge in [0.05, 0.1) is 6.42 Å². The van der Waals surface area contributed by atoms with Crippen LogP contribution in [0.15, 0.2) is 29.3 Å². The molecule has 1 aliphatic heterocycles. The van der Waals surface area contributed by atoms with Crippen molar-refractivity contribution in [2.45, 2.75) is 11.7 Å². The van der Waals surface area contributed by atoms with Gasteiger partial charge in [0, 0.05) is 10.7 Å². The Morgan fingerprint density at radius 2 is 2.33 bits per heavy atom. The quantitative estimate of drug-likeness (QED) is 0.864. The van der Waals surface area contributed by atoms with Gasteiger partial charge < -0.3 is 11.1 Å². The molecule has 18 heavy (non-hydrogen) atoms. The normalized spacial score (nSPS) is 19.3. The number of amidine groups is 1. The summed E-state index contributed by atoms with van der Waals surface area (Å²) >= 11 is 6.89. The summed E-state index contributed by atoms with van der Waals surface area (Å²) in [4.78, 5) is 26.7. The number of amides is 2. The highest BCUT2D eigenvalue weighted by Crippen LogP contribution is 2.23. The van der Waals surface area contributed by atoms with Crippen LogP contribution in [0, 0.1) is 0 Å². The van der Waals surface area contributed by atoms with Gasteiger partial charge >= 0.3 is 0 Å². The van der Waals surface area contributed by atoms with Gasteiger partial charge in [-0.3, -0.25) is 9.59 Å². The van der Waals surface area contributed by atoms with E-state index in [4.69, 9.17) is 17.3 Å². The van der Waals surface area contributed by atoms with E-state index in [1.54, 1.807) is 24.3 Å². The zero-order chi connectivity index (χ0) is 13.1. The van der Waals surface area contributed by atoms with Crippen molar-refractivity contribution < 1.29 is 9.59 Å². The molecule has 0 saturated carbocycles. The first kappa shape index (κ1) is 12.9. The highest BCUT2D eigenvalue weighted by molar-refractivity contribution is 8.15. The third-order valence-electron chi connectivity index (χ3n) is 2.24. The van der Waals surface area contributed by atoms with Gasteiger partial charge in [0.1, 0.15) is 5.25 Å². The number of nitrogens with zero attached hydrogens (tertiary/aromatic N) is 1. The first-order valence-corrected chi connectivity index (χ1v) is 6.40. The number of aliphatic imine (C=N–C) groups is 1. The van der Waals surface area contributed by atoms with E-state index in [9.17, 15) is 9.59 Å². The highest BCUT2D eigenvalue weighted by Gasteiger charge is 2.27. The van der Waals surface area contributed by atoms with Crippen molar-refractivity contribution in [1.82, 2.24) is 0 Å². The van der Waals surface area contributed by atoms with E-state index in [-0.39, 0.29) is 23.4 Å². The van der Waals surface area contributed by atoms with Crippen molar-refractivity contribution in [2.75, 3.05) is 5.32 Å². The van der Waals surface area contributed by atoms with Crippen LogP contribution in [0.5, 0.6) is 0 Å². The summed E-state index contributed by atoms with van der Waals surface area (Å²) in [5.41, 5.74) is 6.05. The van der Waals surface area contributed by atoms with Crippen LogP contribution < -0.4 is 11.1 Å². The first-order valence-electron chi connectivity index (χ1n) is 5.14. The number of halogens is 1. The largest absolute Gasteiger partial charge is 0.378 e. The van der Waals surface area contributed by atoms with E-state index >= 15 is 0 Å². The fraction of sp³-hybridized carbons (Fsp3) is 0.182. The zero-order valence-electron chi connectivity index (χ0n) is 9.22. The lowest BCUT2D eigenvalue weighted by Gasteiger charge is -2.17. The second-order valence-electron chi connectivity index (χ2n) is 3.65. The minimum absolute atomic E-state index is 0.0533. The molecule has 0 unspecified atom stereocenters. The second kappa shape index (κ2) is 5.41. The number of benzene rings is 1. The Morgan fingerprint density at radius 1 is 1.56 bits per heavy atom. The fourth-order valence-corrected chi connectivity index (χ4v) is 2.50. The van der Waals surface area contributed by atoms with Gasteiger partial charge in [0.25, 0.3) is 0 Å². The average Bonchev–Trinajstić information content (AvgIpc) is 2.27. The number of thioether (sulfide) groups is 1. The van der Waals surface area contributed by atoms with Gasteiger partial charge in [-0.1, -0.05) is 29.4 Å². The molecule has 3 N–H and O–H groups in total.